The summed E-state index contributed by atoms with van der Waals surface area (Å²) in [6.07, 6.45) is 0. The molecule has 0 saturated carbocycles. The van der Waals surface area contributed by atoms with E-state index in [1.165, 1.54) is 5.56 Å². The van der Waals surface area contributed by atoms with Gasteiger partial charge in [-0.1, -0.05) is 35.5 Å². The first-order valence-electron chi connectivity index (χ1n) is 5.82. The van der Waals surface area contributed by atoms with Crippen LogP contribution in [0.25, 0.3) is 0 Å². The molecule has 0 aliphatic heterocycles. The van der Waals surface area contributed by atoms with E-state index in [0.29, 0.717) is 5.56 Å². The van der Waals surface area contributed by atoms with E-state index < -0.39 is 0 Å². The number of aryl methyl sites for hydroxylation is 1. The van der Waals surface area contributed by atoms with E-state index in [0.717, 1.165) is 16.5 Å². The molecule has 4 nitrogen and oxygen atoms in total. The van der Waals surface area contributed by atoms with Crippen molar-refractivity contribution in [2.24, 2.45) is 10.9 Å². The largest absolute Gasteiger partial charge is 0.409 e. The molecule has 19 heavy (non-hydrogen) atoms. The second-order valence-electron chi connectivity index (χ2n) is 4.09. The smallest absolute Gasteiger partial charge is 0.170 e. The predicted molar refractivity (Wildman–Crippen MR) is 77.5 cm³/mol. The molecule has 0 amide bonds. The van der Waals surface area contributed by atoms with Crippen molar-refractivity contribution >= 4 is 17.6 Å². The molecule has 0 saturated heterocycles. The van der Waals surface area contributed by atoms with E-state index in [4.69, 9.17) is 10.9 Å². The molecule has 2 aromatic rings. The van der Waals surface area contributed by atoms with Crippen LogP contribution < -0.4 is 5.73 Å². The third-order valence-corrected chi connectivity index (χ3v) is 3.55. The average Bonchev–Trinajstić information content (AvgIpc) is 2.45. The van der Waals surface area contributed by atoms with Gasteiger partial charge in [0.15, 0.2) is 5.84 Å². The van der Waals surface area contributed by atoms with Gasteiger partial charge in [0.05, 0.1) is 5.03 Å². The van der Waals surface area contributed by atoms with Crippen LogP contribution in [0, 0.1) is 6.92 Å². The highest BCUT2D eigenvalue weighted by atomic mass is 32.2. The number of hydrogen-bond donors (Lipinski definition) is 2. The van der Waals surface area contributed by atoms with Crippen LogP contribution in [-0.2, 0) is 5.75 Å². The van der Waals surface area contributed by atoms with Gasteiger partial charge in [0.2, 0.25) is 0 Å². The highest BCUT2D eigenvalue weighted by Gasteiger charge is 2.05. The molecule has 5 heteroatoms. The Morgan fingerprint density at radius 1 is 1.32 bits per heavy atom. The summed E-state index contributed by atoms with van der Waals surface area (Å²) in [4.78, 5) is 4.44. The molecule has 1 aromatic carbocycles. The van der Waals surface area contributed by atoms with Gasteiger partial charge in [-0.25, -0.2) is 4.98 Å². The maximum atomic E-state index is 8.71. The third kappa shape index (κ3) is 3.72. The van der Waals surface area contributed by atoms with Crippen molar-refractivity contribution in [2.45, 2.75) is 17.7 Å². The van der Waals surface area contributed by atoms with Gasteiger partial charge in [-0.05, 0) is 24.6 Å². The molecule has 0 aliphatic rings. The van der Waals surface area contributed by atoms with Crippen LogP contribution >= 0.6 is 11.8 Å². The van der Waals surface area contributed by atoms with Crippen molar-refractivity contribution in [1.82, 2.24) is 4.98 Å². The summed E-state index contributed by atoms with van der Waals surface area (Å²) in [5, 5.41) is 12.6. The first-order valence-corrected chi connectivity index (χ1v) is 6.81. The lowest BCUT2D eigenvalue weighted by molar-refractivity contribution is 0.318. The van der Waals surface area contributed by atoms with Crippen molar-refractivity contribution in [3.05, 3.63) is 59.3 Å². The summed E-state index contributed by atoms with van der Waals surface area (Å²) in [5.74, 6) is 0.944. The molecule has 3 N–H and O–H groups in total. The van der Waals surface area contributed by atoms with E-state index >= 15 is 0 Å². The molecule has 0 bridgehead atoms. The van der Waals surface area contributed by atoms with Crippen LogP contribution in [0.15, 0.2) is 52.6 Å². The van der Waals surface area contributed by atoms with Crippen molar-refractivity contribution in [1.29, 1.82) is 0 Å². The Morgan fingerprint density at radius 3 is 2.74 bits per heavy atom. The predicted octanol–water partition coefficient (Wildman–Crippen LogP) is 2.78. The van der Waals surface area contributed by atoms with Crippen LogP contribution in [-0.4, -0.2) is 16.0 Å². The van der Waals surface area contributed by atoms with E-state index in [1.807, 2.05) is 31.2 Å². The van der Waals surface area contributed by atoms with Crippen LogP contribution in [0.1, 0.15) is 16.8 Å². The Labute approximate surface area is 116 Å². The summed E-state index contributed by atoms with van der Waals surface area (Å²) < 4.78 is 0. The number of pyridine rings is 1. The minimum atomic E-state index is 0.104. The number of nitrogens with zero attached hydrogens (tertiary/aromatic N) is 2. The van der Waals surface area contributed by atoms with Gasteiger partial charge in [0.1, 0.15) is 0 Å². The topological polar surface area (TPSA) is 71.5 Å². The fraction of sp³-hybridized carbons (Fsp3) is 0.143. The normalized spacial score (nSPS) is 11.5. The maximum absolute atomic E-state index is 8.71. The summed E-state index contributed by atoms with van der Waals surface area (Å²) in [6.45, 7) is 1.89. The molecule has 0 unspecified atom stereocenters. The molecular formula is C14H15N3OS. The lowest BCUT2D eigenvalue weighted by Crippen LogP contribution is -2.13. The first-order chi connectivity index (χ1) is 9.19. The van der Waals surface area contributed by atoms with Gasteiger partial charge < -0.3 is 10.9 Å². The molecule has 0 atom stereocenters. The number of oxime groups is 1. The Bertz CT molecular complexity index is 584. The van der Waals surface area contributed by atoms with Crippen LogP contribution in [0.2, 0.25) is 0 Å². The summed E-state index contributed by atoms with van der Waals surface area (Å²) in [6, 6.07) is 13.8. The minimum Gasteiger partial charge on any atom is -0.409 e. The zero-order valence-corrected chi connectivity index (χ0v) is 11.4. The van der Waals surface area contributed by atoms with E-state index in [-0.39, 0.29) is 5.84 Å². The van der Waals surface area contributed by atoms with Gasteiger partial charge in [-0.3, -0.25) is 0 Å². The highest BCUT2D eigenvalue weighted by molar-refractivity contribution is 7.98. The number of amidine groups is 1. The summed E-state index contributed by atoms with van der Waals surface area (Å²) >= 11 is 1.63. The number of rotatable bonds is 4. The molecule has 0 aliphatic carbocycles. The molecule has 2 rings (SSSR count). The Kier molecular flexibility index (Phi) is 4.41. The summed E-state index contributed by atoms with van der Waals surface area (Å²) in [5.41, 5.74) is 8.37. The average molecular weight is 273 g/mol. The molecule has 1 aromatic heterocycles. The minimum absolute atomic E-state index is 0.104. The number of hydrogen-bond acceptors (Lipinski definition) is 4. The lowest BCUT2D eigenvalue weighted by Gasteiger charge is -2.05. The SMILES string of the molecule is Cc1cc(/C(N)=N/O)cc(SCc2ccccc2)n1. The standard InChI is InChI=1S/C14H15N3OS/c1-10-7-12(14(15)17-18)8-13(16-10)19-9-11-5-3-2-4-6-11/h2-8,18H,9H2,1H3,(H2,15,17). The Hall–Kier alpha value is -2.01. The summed E-state index contributed by atoms with van der Waals surface area (Å²) in [7, 11) is 0. The molecule has 98 valence electrons. The Balaban J connectivity index is 2.14. The van der Waals surface area contributed by atoms with Crippen molar-refractivity contribution in [3.63, 3.8) is 0 Å². The monoisotopic (exact) mass is 273 g/mol. The van der Waals surface area contributed by atoms with Crippen molar-refractivity contribution in [3.8, 4) is 0 Å². The number of thioether (sulfide) groups is 1. The fourth-order valence-electron chi connectivity index (χ4n) is 1.65. The lowest BCUT2D eigenvalue weighted by atomic mass is 10.2. The quantitative estimate of drug-likeness (QED) is 0.295. The van der Waals surface area contributed by atoms with E-state index in [1.54, 1.807) is 17.8 Å². The van der Waals surface area contributed by atoms with E-state index in [2.05, 4.69) is 22.3 Å². The number of aromatic nitrogens is 1. The van der Waals surface area contributed by atoms with Crippen LogP contribution in [0.4, 0.5) is 0 Å². The molecule has 1 heterocycles. The second kappa shape index (κ2) is 6.24. The zero-order chi connectivity index (χ0) is 13.7. The van der Waals surface area contributed by atoms with Crippen LogP contribution in [0.5, 0.6) is 0 Å². The highest BCUT2D eigenvalue weighted by Crippen LogP contribution is 2.22. The first kappa shape index (κ1) is 13.4. The fourth-order valence-corrected chi connectivity index (χ4v) is 2.58. The van der Waals surface area contributed by atoms with Crippen molar-refractivity contribution < 1.29 is 5.21 Å². The van der Waals surface area contributed by atoms with Crippen LogP contribution in [0.3, 0.4) is 0 Å². The van der Waals surface area contributed by atoms with Gasteiger partial charge in [0.25, 0.3) is 0 Å². The van der Waals surface area contributed by atoms with Gasteiger partial charge in [-0.2, -0.15) is 0 Å². The molecule has 0 spiro atoms. The maximum Gasteiger partial charge on any atom is 0.170 e. The zero-order valence-electron chi connectivity index (χ0n) is 10.6. The Morgan fingerprint density at radius 2 is 2.05 bits per heavy atom. The number of benzene rings is 1. The third-order valence-electron chi connectivity index (χ3n) is 2.56. The molecule has 0 fully saturated rings. The van der Waals surface area contributed by atoms with Crippen molar-refractivity contribution in [2.75, 3.05) is 0 Å². The number of nitrogens with two attached hydrogens (primary N) is 1. The van der Waals surface area contributed by atoms with Gasteiger partial charge in [0, 0.05) is 17.0 Å². The van der Waals surface area contributed by atoms with E-state index in [9.17, 15) is 0 Å². The molecule has 0 radical (unpaired) electrons. The van der Waals surface area contributed by atoms with Gasteiger partial charge in [-0.15, -0.1) is 11.8 Å². The van der Waals surface area contributed by atoms with Gasteiger partial charge >= 0.3 is 0 Å². The molecular weight excluding hydrogens is 258 g/mol. The second-order valence-corrected chi connectivity index (χ2v) is 5.09.